The van der Waals surface area contributed by atoms with Crippen molar-refractivity contribution < 1.29 is 14.8 Å². The fraction of sp³-hybridized carbons (Fsp3) is 0.417. The number of nitrogens with zero attached hydrogens (tertiary/aromatic N) is 1. The second-order valence-corrected chi connectivity index (χ2v) is 4.20. The molecule has 2 N–H and O–H groups in total. The van der Waals surface area contributed by atoms with E-state index in [1.807, 2.05) is 0 Å². The maximum Gasteiger partial charge on any atom is 0.273 e. The van der Waals surface area contributed by atoms with Crippen LogP contribution in [0.2, 0.25) is 0 Å². The van der Waals surface area contributed by atoms with Crippen LogP contribution in [0.3, 0.4) is 0 Å². The lowest BCUT2D eigenvalue weighted by Crippen LogP contribution is -2.30. The number of carbonyl (C=O) groups is 1. The summed E-state index contributed by atoms with van der Waals surface area (Å²) in [4.78, 5) is 22.1. The van der Waals surface area contributed by atoms with E-state index in [0.29, 0.717) is 12.1 Å². The van der Waals surface area contributed by atoms with Crippen molar-refractivity contribution in [3.8, 4) is 0 Å². The van der Waals surface area contributed by atoms with Crippen LogP contribution in [0.1, 0.15) is 22.8 Å². The monoisotopic (exact) mass is 252 g/mol. The first-order valence-electron chi connectivity index (χ1n) is 5.60. The molecule has 0 saturated carbocycles. The van der Waals surface area contributed by atoms with E-state index in [9.17, 15) is 14.9 Å². The predicted molar refractivity (Wildman–Crippen MR) is 66.4 cm³/mol. The molecule has 0 fully saturated rings. The van der Waals surface area contributed by atoms with Crippen molar-refractivity contribution in [1.29, 1.82) is 0 Å². The van der Waals surface area contributed by atoms with E-state index in [-0.39, 0.29) is 29.7 Å². The number of amides is 1. The fourth-order valence-corrected chi connectivity index (χ4v) is 1.49. The second-order valence-electron chi connectivity index (χ2n) is 4.20. The van der Waals surface area contributed by atoms with Gasteiger partial charge in [-0.15, -0.1) is 0 Å². The van der Waals surface area contributed by atoms with Crippen molar-refractivity contribution in [3.05, 3.63) is 39.4 Å². The van der Waals surface area contributed by atoms with Crippen molar-refractivity contribution in [1.82, 2.24) is 5.32 Å². The van der Waals surface area contributed by atoms with Gasteiger partial charge in [0.1, 0.15) is 0 Å². The summed E-state index contributed by atoms with van der Waals surface area (Å²) in [5.41, 5.74) is 0.559. The first-order chi connectivity index (χ1) is 8.47. The van der Waals surface area contributed by atoms with Crippen LogP contribution in [0.15, 0.2) is 18.2 Å². The first kappa shape index (κ1) is 14.1. The van der Waals surface area contributed by atoms with Gasteiger partial charge in [-0.1, -0.05) is 13.0 Å². The maximum atomic E-state index is 11.8. The van der Waals surface area contributed by atoms with Crippen LogP contribution >= 0.6 is 0 Å². The van der Waals surface area contributed by atoms with Crippen LogP contribution in [0.5, 0.6) is 0 Å². The second kappa shape index (κ2) is 6.11. The Kier molecular flexibility index (Phi) is 4.79. The van der Waals surface area contributed by atoms with Gasteiger partial charge in [-0.05, 0) is 18.9 Å². The molecule has 1 rings (SSSR count). The molecule has 0 heterocycles. The molecular formula is C12H16N2O4. The fourth-order valence-electron chi connectivity index (χ4n) is 1.49. The third-order valence-electron chi connectivity index (χ3n) is 2.67. The summed E-state index contributed by atoms with van der Waals surface area (Å²) in [5, 5.41) is 22.2. The normalized spacial score (nSPS) is 11.9. The molecule has 0 aliphatic carbocycles. The van der Waals surface area contributed by atoms with Crippen LogP contribution in [-0.2, 0) is 0 Å². The van der Waals surface area contributed by atoms with Gasteiger partial charge < -0.3 is 10.4 Å². The molecule has 6 nitrogen and oxygen atoms in total. The quantitative estimate of drug-likeness (QED) is 0.609. The van der Waals surface area contributed by atoms with Crippen LogP contribution in [0.25, 0.3) is 0 Å². The Hall–Kier alpha value is -1.95. The Balaban J connectivity index is 2.86. The average Bonchev–Trinajstić information content (AvgIpc) is 2.35. The lowest BCUT2D eigenvalue weighted by molar-refractivity contribution is -0.385. The van der Waals surface area contributed by atoms with Gasteiger partial charge in [-0.3, -0.25) is 14.9 Å². The lowest BCUT2D eigenvalue weighted by Gasteiger charge is -2.11. The standard InChI is InChI=1S/C12H16N2O4/c1-8(7-15)6-13-12(16)10-4-3-5-11(9(10)2)14(17)18/h3-5,8,15H,6-7H2,1-2H3,(H,13,16). The molecule has 1 amide bonds. The summed E-state index contributed by atoms with van der Waals surface area (Å²) < 4.78 is 0. The molecule has 1 unspecified atom stereocenters. The van der Waals surface area contributed by atoms with Crippen LogP contribution in [-0.4, -0.2) is 29.1 Å². The Bertz CT molecular complexity index is 459. The van der Waals surface area contributed by atoms with Crippen LogP contribution in [0, 0.1) is 23.0 Å². The van der Waals surface area contributed by atoms with Gasteiger partial charge >= 0.3 is 0 Å². The van der Waals surface area contributed by atoms with Crippen molar-refractivity contribution >= 4 is 11.6 Å². The minimum absolute atomic E-state index is 0.0196. The zero-order valence-corrected chi connectivity index (χ0v) is 10.3. The van der Waals surface area contributed by atoms with E-state index in [0.717, 1.165) is 0 Å². The number of hydrogen-bond donors (Lipinski definition) is 2. The van der Waals surface area contributed by atoms with Gasteiger partial charge in [0.05, 0.1) is 4.92 Å². The van der Waals surface area contributed by atoms with Crippen LogP contribution in [0.4, 0.5) is 5.69 Å². The van der Waals surface area contributed by atoms with Crippen molar-refractivity contribution in [3.63, 3.8) is 0 Å². The molecule has 0 saturated heterocycles. The molecule has 0 radical (unpaired) electrons. The highest BCUT2D eigenvalue weighted by Crippen LogP contribution is 2.20. The molecular weight excluding hydrogens is 236 g/mol. The van der Waals surface area contributed by atoms with Crippen molar-refractivity contribution in [2.75, 3.05) is 13.2 Å². The lowest BCUT2D eigenvalue weighted by atomic mass is 10.1. The predicted octanol–water partition coefficient (Wildman–Crippen LogP) is 1.26. The molecule has 0 aliphatic rings. The number of nitro groups is 1. The largest absolute Gasteiger partial charge is 0.396 e. The molecule has 1 atom stereocenters. The number of hydrogen-bond acceptors (Lipinski definition) is 4. The minimum atomic E-state index is -0.511. The molecule has 1 aromatic carbocycles. The highest BCUT2D eigenvalue weighted by atomic mass is 16.6. The zero-order chi connectivity index (χ0) is 13.7. The van der Waals surface area contributed by atoms with Crippen molar-refractivity contribution in [2.45, 2.75) is 13.8 Å². The number of carbonyl (C=O) groups excluding carboxylic acids is 1. The first-order valence-corrected chi connectivity index (χ1v) is 5.60. The van der Waals surface area contributed by atoms with E-state index < -0.39 is 4.92 Å². The minimum Gasteiger partial charge on any atom is -0.396 e. The van der Waals surface area contributed by atoms with E-state index in [1.54, 1.807) is 19.9 Å². The van der Waals surface area contributed by atoms with E-state index >= 15 is 0 Å². The number of rotatable bonds is 5. The molecule has 18 heavy (non-hydrogen) atoms. The molecule has 0 aromatic heterocycles. The van der Waals surface area contributed by atoms with Gasteiger partial charge in [0, 0.05) is 30.3 Å². The molecule has 0 bridgehead atoms. The summed E-state index contributed by atoms with van der Waals surface area (Å²) >= 11 is 0. The summed E-state index contributed by atoms with van der Waals surface area (Å²) in [6.45, 7) is 3.65. The van der Waals surface area contributed by atoms with Gasteiger partial charge in [0.2, 0.25) is 0 Å². The van der Waals surface area contributed by atoms with E-state index in [4.69, 9.17) is 5.11 Å². The highest BCUT2D eigenvalue weighted by Gasteiger charge is 2.17. The van der Waals surface area contributed by atoms with Gasteiger partial charge in [-0.25, -0.2) is 0 Å². The third-order valence-corrected chi connectivity index (χ3v) is 2.67. The number of aliphatic hydroxyl groups excluding tert-OH is 1. The topological polar surface area (TPSA) is 92.5 Å². The Morgan fingerprint density at radius 2 is 2.22 bits per heavy atom. The molecule has 0 spiro atoms. The van der Waals surface area contributed by atoms with E-state index in [2.05, 4.69) is 5.32 Å². The van der Waals surface area contributed by atoms with Gasteiger partial charge in [0.15, 0.2) is 0 Å². The van der Waals surface area contributed by atoms with E-state index in [1.165, 1.54) is 12.1 Å². The highest BCUT2D eigenvalue weighted by molar-refractivity contribution is 5.96. The Labute approximate surface area is 105 Å². The zero-order valence-electron chi connectivity index (χ0n) is 10.3. The number of nitrogens with one attached hydrogen (secondary N) is 1. The molecule has 0 aliphatic heterocycles. The Morgan fingerprint density at radius 3 is 2.78 bits per heavy atom. The number of nitro benzene ring substituents is 1. The summed E-state index contributed by atoms with van der Waals surface area (Å²) in [6, 6.07) is 4.39. The average molecular weight is 252 g/mol. The van der Waals surface area contributed by atoms with Gasteiger partial charge in [0.25, 0.3) is 11.6 Å². The van der Waals surface area contributed by atoms with Crippen molar-refractivity contribution in [2.24, 2.45) is 5.92 Å². The maximum absolute atomic E-state index is 11.8. The summed E-state index contributed by atoms with van der Waals surface area (Å²) in [6.07, 6.45) is 0. The molecule has 1 aromatic rings. The number of benzene rings is 1. The SMILES string of the molecule is Cc1c(C(=O)NCC(C)CO)cccc1[N+](=O)[O-]. The smallest absolute Gasteiger partial charge is 0.273 e. The van der Waals surface area contributed by atoms with Gasteiger partial charge in [-0.2, -0.15) is 0 Å². The van der Waals surface area contributed by atoms with Crippen LogP contribution < -0.4 is 5.32 Å². The summed E-state index contributed by atoms with van der Waals surface area (Å²) in [5.74, 6) is -0.413. The molecule has 6 heteroatoms. The number of aliphatic hydroxyl groups is 1. The molecule has 98 valence electrons. The third kappa shape index (κ3) is 3.27. The summed E-state index contributed by atoms with van der Waals surface area (Å²) in [7, 11) is 0. The Morgan fingerprint density at radius 1 is 1.56 bits per heavy atom.